The van der Waals surface area contributed by atoms with E-state index in [0.717, 1.165) is 19.5 Å². The number of aliphatic hydroxyl groups is 2. The van der Waals surface area contributed by atoms with Gasteiger partial charge in [-0.05, 0) is 12.3 Å². The summed E-state index contributed by atoms with van der Waals surface area (Å²) >= 11 is 0. The van der Waals surface area contributed by atoms with Crippen LogP contribution in [0.5, 0.6) is 0 Å². The summed E-state index contributed by atoms with van der Waals surface area (Å²) in [6.07, 6.45) is 0.217. The van der Waals surface area contributed by atoms with Gasteiger partial charge in [-0.3, -0.25) is 0 Å². The van der Waals surface area contributed by atoms with E-state index < -0.39 is 6.10 Å². The van der Waals surface area contributed by atoms with E-state index in [1.54, 1.807) is 7.11 Å². The van der Waals surface area contributed by atoms with Gasteiger partial charge in [0.2, 0.25) is 0 Å². The second-order valence-corrected chi connectivity index (χ2v) is 4.20. The molecule has 3 atom stereocenters. The second-order valence-electron chi connectivity index (χ2n) is 4.20. The van der Waals surface area contributed by atoms with Crippen LogP contribution in [0.1, 0.15) is 13.3 Å². The van der Waals surface area contributed by atoms with Gasteiger partial charge in [-0.15, -0.1) is 0 Å². The van der Waals surface area contributed by atoms with Crippen LogP contribution >= 0.6 is 0 Å². The van der Waals surface area contributed by atoms with E-state index in [-0.39, 0.29) is 6.10 Å². The predicted molar refractivity (Wildman–Crippen MR) is 54.1 cm³/mol. The van der Waals surface area contributed by atoms with Gasteiger partial charge >= 0.3 is 0 Å². The first-order valence-electron chi connectivity index (χ1n) is 5.21. The Labute approximate surface area is 85.5 Å². The monoisotopic (exact) mass is 203 g/mol. The molecule has 0 spiro atoms. The maximum absolute atomic E-state index is 9.52. The predicted octanol–water partition coefficient (Wildman–Crippen LogP) is -0.304. The van der Waals surface area contributed by atoms with Gasteiger partial charge in [-0.1, -0.05) is 6.92 Å². The number of piperidine rings is 1. The molecule has 1 saturated heterocycles. The minimum absolute atomic E-state index is 0.175. The van der Waals surface area contributed by atoms with Gasteiger partial charge in [0.1, 0.15) is 0 Å². The smallest absolute Gasteiger partial charge is 0.0900 e. The van der Waals surface area contributed by atoms with E-state index in [4.69, 9.17) is 4.74 Å². The number of hydrogen-bond donors (Lipinski definition) is 2. The lowest BCUT2D eigenvalue weighted by molar-refractivity contribution is -0.00372. The standard InChI is InChI=1S/C10H21NO3/c1-8-5-11(4-3-10(8)13)6-9(12)7-14-2/h8-10,12-13H,3-7H2,1-2H3. The van der Waals surface area contributed by atoms with Crippen LogP contribution in [-0.4, -0.2) is 60.7 Å². The van der Waals surface area contributed by atoms with Gasteiger partial charge in [0.15, 0.2) is 0 Å². The molecule has 14 heavy (non-hydrogen) atoms. The molecule has 0 radical (unpaired) electrons. The summed E-state index contributed by atoms with van der Waals surface area (Å²) in [7, 11) is 1.59. The molecule has 0 saturated carbocycles. The highest BCUT2D eigenvalue weighted by atomic mass is 16.5. The summed E-state index contributed by atoms with van der Waals surface area (Å²) in [6.45, 7) is 4.80. The molecule has 4 nitrogen and oxygen atoms in total. The zero-order valence-corrected chi connectivity index (χ0v) is 9.02. The average molecular weight is 203 g/mol. The molecule has 1 fully saturated rings. The molecule has 1 heterocycles. The van der Waals surface area contributed by atoms with Crippen LogP contribution in [0, 0.1) is 5.92 Å². The van der Waals surface area contributed by atoms with Crippen LogP contribution < -0.4 is 0 Å². The SMILES string of the molecule is COCC(O)CN1CCC(O)C(C)C1. The van der Waals surface area contributed by atoms with Gasteiger partial charge in [0, 0.05) is 26.7 Å². The highest BCUT2D eigenvalue weighted by Crippen LogP contribution is 2.16. The van der Waals surface area contributed by atoms with Crippen LogP contribution in [0.2, 0.25) is 0 Å². The Bertz CT molecular complexity index is 165. The lowest BCUT2D eigenvalue weighted by Crippen LogP contribution is -2.45. The Morgan fingerprint density at radius 2 is 2.29 bits per heavy atom. The first-order chi connectivity index (χ1) is 6.63. The molecule has 0 aliphatic carbocycles. The molecule has 84 valence electrons. The largest absolute Gasteiger partial charge is 0.393 e. The summed E-state index contributed by atoms with van der Waals surface area (Å²) in [5.74, 6) is 0.304. The lowest BCUT2D eigenvalue weighted by atomic mass is 9.96. The van der Waals surface area contributed by atoms with Crippen LogP contribution in [0.4, 0.5) is 0 Å². The van der Waals surface area contributed by atoms with Crippen molar-refractivity contribution in [1.82, 2.24) is 4.90 Å². The molecular formula is C10H21NO3. The molecule has 1 aliphatic heterocycles. The van der Waals surface area contributed by atoms with Crippen LogP contribution in [0.3, 0.4) is 0 Å². The number of hydrogen-bond acceptors (Lipinski definition) is 4. The van der Waals surface area contributed by atoms with Gasteiger partial charge in [-0.2, -0.15) is 0 Å². The fourth-order valence-corrected chi connectivity index (χ4v) is 1.93. The maximum atomic E-state index is 9.52. The Balaban J connectivity index is 2.25. The van der Waals surface area contributed by atoms with E-state index in [9.17, 15) is 10.2 Å². The van der Waals surface area contributed by atoms with Crippen molar-refractivity contribution in [1.29, 1.82) is 0 Å². The number of aliphatic hydroxyl groups excluding tert-OH is 2. The van der Waals surface area contributed by atoms with Crippen molar-refractivity contribution in [3.8, 4) is 0 Å². The van der Waals surface area contributed by atoms with Gasteiger partial charge in [-0.25, -0.2) is 0 Å². The lowest BCUT2D eigenvalue weighted by Gasteiger charge is -2.35. The van der Waals surface area contributed by atoms with Crippen molar-refractivity contribution in [3.63, 3.8) is 0 Å². The third-order valence-electron chi connectivity index (χ3n) is 2.77. The average Bonchev–Trinajstić information content (AvgIpc) is 2.12. The van der Waals surface area contributed by atoms with Crippen molar-refractivity contribution in [2.45, 2.75) is 25.6 Å². The quantitative estimate of drug-likeness (QED) is 0.658. The molecule has 1 aliphatic rings. The molecule has 0 aromatic rings. The molecule has 3 unspecified atom stereocenters. The number of ether oxygens (including phenoxy) is 1. The zero-order chi connectivity index (χ0) is 10.6. The molecule has 2 N–H and O–H groups in total. The molecule has 0 aromatic heterocycles. The highest BCUT2D eigenvalue weighted by Gasteiger charge is 2.25. The normalized spacial score (nSPS) is 31.7. The van der Waals surface area contributed by atoms with Crippen molar-refractivity contribution in [3.05, 3.63) is 0 Å². The van der Waals surface area contributed by atoms with E-state index in [1.807, 2.05) is 6.92 Å². The van der Waals surface area contributed by atoms with Gasteiger partial charge < -0.3 is 19.8 Å². The Kier molecular flexibility index (Phi) is 4.81. The fraction of sp³-hybridized carbons (Fsp3) is 1.00. The van der Waals surface area contributed by atoms with Crippen LogP contribution in [0.15, 0.2) is 0 Å². The summed E-state index contributed by atoms with van der Waals surface area (Å²) in [6, 6.07) is 0. The van der Waals surface area contributed by atoms with Crippen LogP contribution in [0.25, 0.3) is 0 Å². The Morgan fingerprint density at radius 3 is 2.86 bits per heavy atom. The molecule has 0 bridgehead atoms. The number of methoxy groups -OCH3 is 1. The van der Waals surface area contributed by atoms with E-state index in [0.29, 0.717) is 19.1 Å². The topological polar surface area (TPSA) is 52.9 Å². The number of β-amino-alcohol motifs (C(OH)–C–C–N with tert-alkyl or cyclic N) is 1. The number of nitrogens with zero attached hydrogens (tertiary/aromatic N) is 1. The molecular weight excluding hydrogens is 182 g/mol. The van der Waals surface area contributed by atoms with E-state index >= 15 is 0 Å². The van der Waals surface area contributed by atoms with Gasteiger partial charge in [0.05, 0.1) is 18.8 Å². The van der Waals surface area contributed by atoms with Crippen molar-refractivity contribution in [2.75, 3.05) is 33.4 Å². The van der Waals surface area contributed by atoms with E-state index in [2.05, 4.69) is 4.90 Å². The third-order valence-corrected chi connectivity index (χ3v) is 2.77. The first kappa shape index (κ1) is 11.9. The van der Waals surface area contributed by atoms with Gasteiger partial charge in [0.25, 0.3) is 0 Å². The molecule has 0 amide bonds. The Hall–Kier alpha value is -0.160. The first-order valence-corrected chi connectivity index (χ1v) is 5.21. The maximum Gasteiger partial charge on any atom is 0.0900 e. The fourth-order valence-electron chi connectivity index (χ4n) is 1.93. The second kappa shape index (κ2) is 5.66. The Morgan fingerprint density at radius 1 is 1.57 bits per heavy atom. The zero-order valence-electron chi connectivity index (χ0n) is 9.02. The van der Waals surface area contributed by atoms with Crippen molar-refractivity contribution in [2.24, 2.45) is 5.92 Å². The van der Waals surface area contributed by atoms with E-state index in [1.165, 1.54) is 0 Å². The number of likely N-dealkylation sites (tertiary alicyclic amines) is 1. The number of rotatable bonds is 4. The van der Waals surface area contributed by atoms with Crippen LogP contribution in [-0.2, 0) is 4.74 Å². The van der Waals surface area contributed by atoms with Crippen molar-refractivity contribution < 1.29 is 14.9 Å². The van der Waals surface area contributed by atoms with Crippen molar-refractivity contribution >= 4 is 0 Å². The summed E-state index contributed by atoms with van der Waals surface area (Å²) in [4.78, 5) is 2.18. The minimum atomic E-state index is -0.414. The summed E-state index contributed by atoms with van der Waals surface area (Å²) in [5, 5.41) is 19.0. The molecule has 0 aromatic carbocycles. The highest BCUT2D eigenvalue weighted by molar-refractivity contribution is 4.78. The third kappa shape index (κ3) is 3.53. The summed E-state index contributed by atoms with van der Waals surface area (Å²) < 4.78 is 4.87. The minimum Gasteiger partial charge on any atom is -0.393 e. The summed E-state index contributed by atoms with van der Waals surface area (Å²) in [5.41, 5.74) is 0. The molecule has 1 rings (SSSR count). The molecule has 4 heteroatoms.